The predicted octanol–water partition coefficient (Wildman–Crippen LogP) is 0.0989. The Morgan fingerprint density at radius 3 is 2.19 bits per heavy atom. The third-order valence-electron chi connectivity index (χ3n) is 3.13. The van der Waals surface area contributed by atoms with Crippen molar-refractivity contribution in [1.29, 1.82) is 0 Å². The smallest absolute Gasteiger partial charge is 0.367 e. The second-order valence-electron chi connectivity index (χ2n) is 6.11. The predicted molar refractivity (Wildman–Crippen MR) is 81.7 cm³/mol. The summed E-state index contributed by atoms with van der Waals surface area (Å²) in [5.41, 5.74) is 3.09. The molecule has 0 aromatic heterocycles. The van der Waals surface area contributed by atoms with Crippen LogP contribution < -0.4 is 9.60 Å². The van der Waals surface area contributed by atoms with Gasteiger partial charge in [0.25, 0.3) is 0 Å². The molecule has 1 aromatic rings. The fraction of sp³-hybridized carbons (Fsp3) is 0.375. The van der Waals surface area contributed by atoms with Gasteiger partial charge in [-0.15, -0.1) is 0 Å². The number of nitrogens with zero attached hydrogens (tertiary/aromatic N) is 2. The largest absolute Gasteiger partial charge is 1.00 e. The van der Waals surface area contributed by atoms with Gasteiger partial charge in [0, 0.05) is 25.2 Å². The molecule has 0 saturated carbocycles. The van der Waals surface area contributed by atoms with Crippen molar-refractivity contribution in [3.8, 4) is 0 Å². The van der Waals surface area contributed by atoms with Crippen LogP contribution in [0.1, 0.15) is 26.3 Å². The number of anilines is 1. The summed E-state index contributed by atoms with van der Waals surface area (Å²) in [5, 5.41) is 3.90. The van der Waals surface area contributed by atoms with Gasteiger partial charge in [-0.05, 0) is 23.8 Å². The molecule has 21 heavy (non-hydrogen) atoms. The maximum atomic E-state index is 11.8. The van der Waals surface area contributed by atoms with Crippen molar-refractivity contribution in [2.24, 2.45) is 10.6 Å². The number of carbonyl (C=O) groups excluding carboxylic acids is 1. The third-order valence-corrected chi connectivity index (χ3v) is 3.13. The highest BCUT2D eigenvalue weighted by Gasteiger charge is 2.33. The van der Waals surface area contributed by atoms with Gasteiger partial charge in [-0.2, -0.15) is 0 Å². The van der Waals surface area contributed by atoms with Crippen molar-refractivity contribution in [2.75, 3.05) is 19.0 Å². The number of rotatable bonds is 2. The first-order chi connectivity index (χ1) is 9.29. The Morgan fingerprint density at radius 1 is 1.14 bits per heavy atom. The minimum Gasteiger partial charge on any atom is -1.00 e. The lowest BCUT2D eigenvalue weighted by molar-refractivity contribution is -0.136. The topological polar surface area (TPSA) is 41.9 Å². The Balaban J connectivity index is 0.00000220. The molecule has 2 rings (SSSR count). The SMILES string of the molecule is CN(C)c1ccc(C=C2C(=O)ON=C2C(C)(C)C)cc1.[F-]. The highest BCUT2D eigenvalue weighted by Crippen LogP contribution is 2.28. The zero-order valence-electron chi connectivity index (χ0n) is 13.0. The van der Waals surface area contributed by atoms with Crippen LogP contribution >= 0.6 is 0 Å². The van der Waals surface area contributed by atoms with Crippen LogP contribution in [-0.4, -0.2) is 25.8 Å². The second kappa shape index (κ2) is 6.08. The second-order valence-corrected chi connectivity index (χ2v) is 6.11. The molecule has 4 nitrogen and oxygen atoms in total. The van der Waals surface area contributed by atoms with Crippen LogP contribution in [0.3, 0.4) is 0 Å². The van der Waals surface area contributed by atoms with Gasteiger partial charge in [-0.3, -0.25) is 0 Å². The van der Waals surface area contributed by atoms with E-state index in [0.717, 1.165) is 11.3 Å². The Bertz CT molecular complexity index is 581. The number of benzene rings is 1. The van der Waals surface area contributed by atoms with Gasteiger partial charge in [-0.25, -0.2) is 4.79 Å². The number of hydrogen-bond donors (Lipinski definition) is 0. The highest BCUT2D eigenvalue weighted by atomic mass is 19.0. The van der Waals surface area contributed by atoms with Crippen LogP contribution in [0, 0.1) is 5.41 Å². The normalized spacial score (nSPS) is 16.3. The van der Waals surface area contributed by atoms with Crippen LogP contribution in [0.5, 0.6) is 0 Å². The fourth-order valence-electron chi connectivity index (χ4n) is 1.99. The summed E-state index contributed by atoms with van der Waals surface area (Å²) in [6.45, 7) is 6.03. The number of oxime groups is 1. The van der Waals surface area contributed by atoms with Crippen LogP contribution in [0.4, 0.5) is 5.69 Å². The Kier molecular flexibility index (Phi) is 4.88. The number of carbonyl (C=O) groups is 1. The van der Waals surface area contributed by atoms with E-state index in [2.05, 4.69) is 5.16 Å². The van der Waals surface area contributed by atoms with Gasteiger partial charge in [0.05, 0.1) is 5.57 Å². The molecule has 1 heterocycles. The molecule has 0 amide bonds. The first-order valence-electron chi connectivity index (χ1n) is 6.58. The maximum absolute atomic E-state index is 11.8. The summed E-state index contributed by atoms with van der Waals surface area (Å²) >= 11 is 0. The van der Waals surface area contributed by atoms with Crippen LogP contribution in [-0.2, 0) is 9.63 Å². The van der Waals surface area contributed by atoms with Gasteiger partial charge < -0.3 is 14.4 Å². The molecule has 0 atom stereocenters. The molecule has 0 radical (unpaired) electrons. The van der Waals surface area contributed by atoms with E-state index in [1.165, 1.54) is 0 Å². The van der Waals surface area contributed by atoms with Crippen molar-refractivity contribution in [2.45, 2.75) is 20.8 Å². The number of hydrogen-bond acceptors (Lipinski definition) is 4. The molecule has 0 bridgehead atoms. The molecule has 0 saturated heterocycles. The first kappa shape index (κ1) is 16.9. The fourth-order valence-corrected chi connectivity index (χ4v) is 1.99. The summed E-state index contributed by atoms with van der Waals surface area (Å²) in [6.07, 6.45) is 1.83. The summed E-state index contributed by atoms with van der Waals surface area (Å²) in [4.78, 5) is 18.6. The molecular weight excluding hydrogens is 271 g/mol. The summed E-state index contributed by atoms with van der Waals surface area (Å²) in [5.74, 6) is -0.383. The van der Waals surface area contributed by atoms with E-state index in [1.54, 1.807) is 0 Å². The van der Waals surface area contributed by atoms with Crippen LogP contribution in [0.2, 0.25) is 0 Å². The van der Waals surface area contributed by atoms with Gasteiger partial charge in [0.1, 0.15) is 5.71 Å². The molecule has 114 valence electrons. The molecule has 1 aliphatic heterocycles. The molecular formula is C16H20FN2O2-. The Labute approximate surface area is 124 Å². The van der Waals surface area contributed by atoms with Gasteiger partial charge in [0.15, 0.2) is 0 Å². The highest BCUT2D eigenvalue weighted by molar-refractivity contribution is 6.26. The molecule has 1 aliphatic rings. The molecule has 0 unspecified atom stereocenters. The van der Waals surface area contributed by atoms with Gasteiger partial charge in [0.2, 0.25) is 0 Å². The monoisotopic (exact) mass is 291 g/mol. The summed E-state index contributed by atoms with van der Waals surface area (Å²) in [6, 6.07) is 7.99. The van der Waals surface area contributed by atoms with E-state index in [9.17, 15) is 4.79 Å². The Morgan fingerprint density at radius 2 is 1.71 bits per heavy atom. The number of halogens is 1. The van der Waals surface area contributed by atoms with E-state index < -0.39 is 0 Å². The first-order valence-corrected chi connectivity index (χ1v) is 6.58. The van der Waals surface area contributed by atoms with Crippen molar-refractivity contribution in [1.82, 2.24) is 0 Å². The van der Waals surface area contributed by atoms with E-state index in [-0.39, 0.29) is 16.1 Å². The molecule has 0 spiro atoms. The molecule has 0 aliphatic carbocycles. The summed E-state index contributed by atoms with van der Waals surface area (Å²) < 4.78 is 0. The van der Waals surface area contributed by atoms with Crippen molar-refractivity contribution in [3.63, 3.8) is 0 Å². The van der Waals surface area contributed by atoms with Crippen molar-refractivity contribution < 1.29 is 14.3 Å². The molecule has 0 fully saturated rings. The minimum atomic E-state index is -0.383. The molecule has 0 N–H and O–H groups in total. The molecule has 5 heteroatoms. The third kappa shape index (κ3) is 3.68. The average Bonchev–Trinajstić information content (AvgIpc) is 2.71. The van der Waals surface area contributed by atoms with E-state index in [0.29, 0.717) is 11.3 Å². The van der Waals surface area contributed by atoms with Gasteiger partial charge >= 0.3 is 5.97 Å². The lowest BCUT2D eigenvalue weighted by Crippen LogP contribution is -3.00. The standard InChI is InChI=1S/C16H20N2O2.FH/c1-16(2,3)14-13(15(19)20-17-14)10-11-6-8-12(9-7-11)18(4)5;/h6-10H,1-5H3;1H/p-1. The minimum absolute atomic E-state index is 0. The molecule has 1 aromatic carbocycles. The van der Waals surface area contributed by atoms with E-state index in [4.69, 9.17) is 4.84 Å². The lowest BCUT2D eigenvalue weighted by Gasteiger charge is -2.17. The Hall–Kier alpha value is -2.17. The van der Waals surface area contributed by atoms with Crippen LogP contribution in [0.15, 0.2) is 35.0 Å². The summed E-state index contributed by atoms with van der Waals surface area (Å²) in [7, 11) is 3.98. The zero-order valence-corrected chi connectivity index (χ0v) is 13.0. The quantitative estimate of drug-likeness (QED) is 0.573. The van der Waals surface area contributed by atoms with Gasteiger partial charge in [-0.1, -0.05) is 38.1 Å². The average molecular weight is 291 g/mol. The van der Waals surface area contributed by atoms with Crippen LogP contribution in [0.25, 0.3) is 6.08 Å². The van der Waals surface area contributed by atoms with Crippen molar-refractivity contribution >= 4 is 23.4 Å². The zero-order chi connectivity index (χ0) is 14.9. The van der Waals surface area contributed by atoms with Crippen molar-refractivity contribution in [3.05, 3.63) is 35.4 Å². The maximum Gasteiger partial charge on any atom is 0.367 e. The lowest BCUT2D eigenvalue weighted by atomic mass is 9.85. The van der Waals surface area contributed by atoms with E-state index >= 15 is 0 Å². The van der Waals surface area contributed by atoms with E-state index in [1.807, 2.05) is 70.1 Å².